The van der Waals surface area contributed by atoms with E-state index in [-0.39, 0.29) is 0 Å². The normalized spacial score (nSPS) is 10.8. The zero-order chi connectivity index (χ0) is 15.2. The number of unbranched alkanes of at least 4 members (excludes halogenated alkanes) is 9. The van der Waals surface area contributed by atoms with Crippen LogP contribution in [0.25, 0.3) is 0 Å². The molecule has 1 aromatic rings. The summed E-state index contributed by atoms with van der Waals surface area (Å²) in [5.74, 6) is 1.30. The minimum absolute atomic E-state index is 0.457. The second-order valence-electron chi connectivity index (χ2n) is 5.65. The van der Waals surface area contributed by atoms with Crippen molar-refractivity contribution in [3.05, 3.63) is 24.0 Å². The van der Waals surface area contributed by atoms with Crippen LogP contribution in [-0.4, -0.2) is 11.6 Å². The van der Waals surface area contributed by atoms with Gasteiger partial charge in [-0.15, -0.1) is 11.6 Å². The summed E-state index contributed by atoms with van der Waals surface area (Å²) in [5, 5.41) is 0. The highest BCUT2D eigenvalue weighted by atomic mass is 35.5. The maximum Gasteiger partial charge on any atom is 0.137 e. The summed E-state index contributed by atoms with van der Waals surface area (Å²) >= 11 is 5.70. The molecule has 0 fully saturated rings. The summed E-state index contributed by atoms with van der Waals surface area (Å²) in [6, 6.07) is 3.86. The largest absolute Gasteiger partial charge is 0.492 e. The van der Waals surface area contributed by atoms with Gasteiger partial charge in [-0.25, -0.2) is 0 Å². The molecular weight excluding hydrogens is 282 g/mol. The smallest absolute Gasteiger partial charge is 0.137 e. The average Bonchev–Trinajstić information content (AvgIpc) is 2.53. The van der Waals surface area contributed by atoms with Gasteiger partial charge in [0.15, 0.2) is 0 Å². The minimum Gasteiger partial charge on any atom is -0.492 e. The molecule has 120 valence electrons. The molecule has 0 spiro atoms. The highest BCUT2D eigenvalue weighted by Gasteiger charge is 1.97. The summed E-state index contributed by atoms with van der Waals surface area (Å²) in [6.07, 6.45) is 15.2. The van der Waals surface area contributed by atoms with Crippen molar-refractivity contribution in [3.63, 3.8) is 0 Å². The van der Waals surface area contributed by atoms with Gasteiger partial charge in [0, 0.05) is 0 Å². The van der Waals surface area contributed by atoms with E-state index in [0.717, 1.165) is 24.5 Å². The summed E-state index contributed by atoms with van der Waals surface area (Å²) in [7, 11) is 0. The number of nitrogens with zero attached hydrogens (tertiary/aromatic N) is 1. The molecule has 0 saturated heterocycles. The molecule has 0 aliphatic rings. The predicted octanol–water partition coefficient (Wildman–Crippen LogP) is 6.12. The molecule has 21 heavy (non-hydrogen) atoms. The molecular formula is C18H30ClNO. The van der Waals surface area contributed by atoms with E-state index in [1.165, 1.54) is 57.8 Å². The molecule has 0 radical (unpaired) electrons. The maximum absolute atomic E-state index is 5.70. The first-order valence-electron chi connectivity index (χ1n) is 8.50. The fourth-order valence-electron chi connectivity index (χ4n) is 2.35. The Bertz CT molecular complexity index is 340. The highest BCUT2D eigenvalue weighted by molar-refractivity contribution is 6.16. The zero-order valence-corrected chi connectivity index (χ0v) is 14.2. The van der Waals surface area contributed by atoms with E-state index in [4.69, 9.17) is 16.3 Å². The number of hydrogen-bond acceptors (Lipinski definition) is 2. The van der Waals surface area contributed by atoms with Gasteiger partial charge in [-0.3, -0.25) is 4.98 Å². The van der Waals surface area contributed by atoms with Crippen molar-refractivity contribution in [2.24, 2.45) is 0 Å². The molecule has 0 aromatic carbocycles. The molecule has 0 unspecified atom stereocenters. The van der Waals surface area contributed by atoms with Gasteiger partial charge in [-0.1, -0.05) is 64.7 Å². The summed E-state index contributed by atoms with van der Waals surface area (Å²) in [4.78, 5) is 4.21. The quantitative estimate of drug-likeness (QED) is 0.323. The van der Waals surface area contributed by atoms with Crippen molar-refractivity contribution in [3.8, 4) is 5.75 Å². The van der Waals surface area contributed by atoms with Crippen LogP contribution in [0, 0.1) is 0 Å². The lowest BCUT2D eigenvalue weighted by Crippen LogP contribution is -1.98. The Kier molecular flexibility index (Phi) is 11.3. The minimum atomic E-state index is 0.457. The standard InChI is InChI=1S/C18H30ClNO/c1-2-3-4-5-6-7-8-9-10-11-14-21-18-13-12-17(15-19)20-16-18/h12-13,16H,2-11,14-15H2,1H3. The van der Waals surface area contributed by atoms with Crippen LogP contribution in [0.3, 0.4) is 0 Å². The van der Waals surface area contributed by atoms with Gasteiger partial charge in [-0.2, -0.15) is 0 Å². The molecule has 3 heteroatoms. The first-order chi connectivity index (χ1) is 10.4. The van der Waals surface area contributed by atoms with Crippen molar-refractivity contribution in [2.75, 3.05) is 6.61 Å². The van der Waals surface area contributed by atoms with Gasteiger partial charge in [0.25, 0.3) is 0 Å². The predicted molar refractivity (Wildman–Crippen MR) is 91.1 cm³/mol. The first kappa shape index (κ1) is 18.3. The Morgan fingerprint density at radius 1 is 0.905 bits per heavy atom. The fourth-order valence-corrected chi connectivity index (χ4v) is 2.51. The van der Waals surface area contributed by atoms with Gasteiger partial charge < -0.3 is 4.74 Å². The number of rotatable bonds is 13. The van der Waals surface area contributed by atoms with Crippen molar-refractivity contribution in [2.45, 2.75) is 77.0 Å². The van der Waals surface area contributed by atoms with Crippen molar-refractivity contribution < 1.29 is 4.74 Å². The Hall–Kier alpha value is -0.760. The monoisotopic (exact) mass is 311 g/mol. The highest BCUT2D eigenvalue weighted by Crippen LogP contribution is 2.13. The van der Waals surface area contributed by atoms with E-state index < -0.39 is 0 Å². The van der Waals surface area contributed by atoms with Crippen LogP contribution in [0.5, 0.6) is 5.75 Å². The Morgan fingerprint density at radius 2 is 1.52 bits per heavy atom. The molecule has 0 aliphatic heterocycles. The molecule has 2 nitrogen and oxygen atoms in total. The molecule has 1 heterocycles. The third-order valence-corrected chi connectivity index (χ3v) is 3.97. The Balaban J connectivity index is 1.88. The van der Waals surface area contributed by atoms with Gasteiger partial charge in [0.2, 0.25) is 0 Å². The SMILES string of the molecule is CCCCCCCCCCCCOc1ccc(CCl)nc1. The van der Waals surface area contributed by atoms with Crippen LogP contribution < -0.4 is 4.74 Å². The molecule has 0 atom stereocenters. The molecule has 0 aliphatic carbocycles. The van der Waals surface area contributed by atoms with E-state index in [2.05, 4.69) is 11.9 Å². The lowest BCUT2D eigenvalue weighted by atomic mass is 10.1. The lowest BCUT2D eigenvalue weighted by Gasteiger charge is -2.06. The van der Waals surface area contributed by atoms with Crippen molar-refractivity contribution in [1.29, 1.82) is 0 Å². The topological polar surface area (TPSA) is 22.1 Å². The lowest BCUT2D eigenvalue weighted by molar-refractivity contribution is 0.303. The third kappa shape index (κ3) is 9.73. The third-order valence-electron chi connectivity index (χ3n) is 3.70. The molecule has 0 saturated carbocycles. The van der Waals surface area contributed by atoms with Crippen LogP contribution >= 0.6 is 11.6 Å². The Morgan fingerprint density at radius 3 is 2.05 bits per heavy atom. The van der Waals surface area contributed by atoms with Crippen molar-refractivity contribution >= 4 is 11.6 Å². The summed E-state index contributed by atoms with van der Waals surface area (Å²) < 4.78 is 5.67. The maximum atomic E-state index is 5.70. The molecule has 1 aromatic heterocycles. The molecule has 1 rings (SSSR count). The zero-order valence-electron chi connectivity index (χ0n) is 13.5. The van der Waals surface area contributed by atoms with Gasteiger partial charge in [0.1, 0.15) is 5.75 Å². The van der Waals surface area contributed by atoms with Crippen LogP contribution in [0.4, 0.5) is 0 Å². The number of alkyl halides is 1. The van der Waals surface area contributed by atoms with Crippen LogP contribution in [0.15, 0.2) is 18.3 Å². The first-order valence-corrected chi connectivity index (χ1v) is 9.04. The van der Waals surface area contributed by atoms with E-state index in [0.29, 0.717) is 5.88 Å². The fraction of sp³-hybridized carbons (Fsp3) is 0.722. The second kappa shape index (κ2) is 12.9. The summed E-state index contributed by atoms with van der Waals surface area (Å²) in [5.41, 5.74) is 0.892. The van der Waals surface area contributed by atoms with E-state index >= 15 is 0 Å². The Labute approximate surface area is 135 Å². The van der Waals surface area contributed by atoms with Crippen LogP contribution in [0.1, 0.15) is 76.8 Å². The van der Waals surface area contributed by atoms with E-state index in [1.54, 1.807) is 6.20 Å². The van der Waals surface area contributed by atoms with Gasteiger partial charge in [0.05, 0.1) is 24.4 Å². The summed E-state index contributed by atoms with van der Waals surface area (Å²) in [6.45, 7) is 3.06. The van der Waals surface area contributed by atoms with Crippen LogP contribution in [0.2, 0.25) is 0 Å². The molecule has 0 N–H and O–H groups in total. The molecule has 0 amide bonds. The number of ether oxygens (including phenoxy) is 1. The van der Waals surface area contributed by atoms with Gasteiger partial charge in [-0.05, 0) is 18.6 Å². The average molecular weight is 312 g/mol. The number of halogens is 1. The van der Waals surface area contributed by atoms with E-state index in [9.17, 15) is 0 Å². The second-order valence-corrected chi connectivity index (χ2v) is 5.92. The van der Waals surface area contributed by atoms with Gasteiger partial charge >= 0.3 is 0 Å². The van der Waals surface area contributed by atoms with Crippen molar-refractivity contribution in [1.82, 2.24) is 4.98 Å². The number of aromatic nitrogens is 1. The van der Waals surface area contributed by atoms with E-state index in [1.807, 2.05) is 12.1 Å². The molecule has 0 bridgehead atoms. The number of pyridine rings is 1. The van der Waals surface area contributed by atoms with Crippen LogP contribution in [-0.2, 0) is 5.88 Å². The number of hydrogen-bond donors (Lipinski definition) is 0.